The highest BCUT2D eigenvalue weighted by Gasteiger charge is 2.30. The second-order valence-electron chi connectivity index (χ2n) is 23.2. The van der Waals surface area contributed by atoms with Gasteiger partial charge >= 0.3 is 0 Å². The van der Waals surface area contributed by atoms with E-state index in [2.05, 4.69) is 236 Å². The summed E-state index contributed by atoms with van der Waals surface area (Å²) >= 11 is 4.86. The van der Waals surface area contributed by atoms with Crippen molar-refractivity contribution in [3.63, 3.8) is 0 Å². The quantitative estimate of drug-likeness (QED) is 0.0571. The normalized spacial score (nSPS) is 13.7. The third kappa shape index (κ3) is 11.4. The average Bonchev–Trinajstić information content (AvgIpc) is 1.88. The van der Waals surface area contributed by atoms with Crippen molar-refractivity contribution in [1.29, 1.82) is 0 Å². The minimum atomic E-state index is 0.815. The van der Waals surface area contributed by atoms with Gasteiger partial charge < -0.3 is 19.9 Å². The highest BCUT2D eigenvalue weighted by Crippen LogP contribution is 2.45. The molecule has 0 fully saturated rings. The topological polar surface area (TPSA) is 115 Å². The summed E-state index contributed by atoms with van der Waals surface area (Å²) < 4.78 is 1.71. The molecule has 88 heavy (non-hydrogen) atoms. The Balaban J connectivity index is 1.30. The summed E-state index contributed by atoms with van der Waals surface area (Å²) in [5.41, 5.74) is 39.5. The first kappa shape index (κ1) is 64.5. The smallest absolute Gasteiger partial charge is 0.0851 e. The van der Waals surface area contributed by atoms with Crippen LogP contribution >= 0.6 is 45.2 Å². The fourth-order valence-corrected chi connectivity index (χ4v) is 15.5. The maximum Gasteiger partial charge on any atom is 0.0851 e. The van der Waals surface area contributed by atoms with Crippen LogP contribution in [0.5, 0.6) is 0 Å². The summed E-state index contributed by atoms with van der Waals surface area (Å²) in [6, 6.07) is 14.0. The Labute approximate surface area is 551 Å². The van der Waals surface area contributed by atoms with E-state index < -0.39 is 0 Å². The summed E-state index contributed by atoms with van der Waals surface area (Å²) in [6.45, 7) is 36.4. The van der Waals surface area contributed by atoms with E-state index in [1.165, 1.54) is 111 Å². The van der Waals surface area contributed by atoms with Crippen LogP contribution in [0.1, 0.15) is 263 Å². The Morgan fingerprint density at radius 3 is 0.625 bits per heavy atom. The molecular weight excluding hydrogens is 1300 g/mol. The van der Waals surface area contributed by atoms with Crippen LogP contribution in [0, 0.1) is 23.7 Å². The highest BCUT2D eigenvalue weighted by atomic mass is 127. The van der Waals surface area contributed by atoms with E-state index in [0.29, 0.717) is 0 Å². The predicted octanol–water partition coefficient (Wildman–Crippen LogP) is 21.9. The molecule has 4 aliphatic rings. The molecule has 0 saturated carbocycles. The van der Waals surface area contributed by atoms with Crippen LogP contribution in [0.2, 0.25) is 0 Å². The number of hydrogen-bond donors (Lipinski definition) is 4. The molecule has 0 atom stereocenters. The van der Waals surface area contributed by atoms with Crippen molar-refractivity contribution in [3.8, 4) is 23.7 Å². The highest BCUT2D eigenvalue weighted by molar-refractivity contribution is 14.1. The second kappa shape index (κ2) is 27.7. The zero-order valence-corrected chi connectivity index (χ0v) is 59.6. The summed E-state index contributed by atoms with van der Waals surface area (Å²) in [4.78, 5) is 38.6. The maximum atomic E-state index is 5.70. The van der Waals surface area contributed by atoms with Gasteiger partial charge in [0.05, 0.1) is 63.8 Å². The molecule has 10 heteroatoms. The first-order valence-electron chi connectivity index (χ1n) is 33.4. The largest absolute Gasteiger partial charge is 0.355 e. The maximum absolute atomic E-state index is 5.70. The monoisotopic (exact) mass is 1390 g/mol. The first-order chi connectivity index (χ1) is 42.7. The molecule has 16 bridgehead atoms. The van der Waals surface area contributed by atoms with E-state index in [-0.39, 0.29) is 0 Å². The van der Waals surface area contributed by atoms with E-state index >= 15 is 0 Å². The van der Waals surface area contributed by atoms with E-state index in [1.54, 1.807) is 0 Å². The molecule has 0 aromatic carbocycles. The number of hydrogen-bond acceptors (Lipinski definition) is 4. The third-order valence-corrected chi connectivity index (χ3v) is 21.6. The van der Waals surface area contributed by atoms with E-state index in [9.17, 15) is 0 Å². The van der Waals surface area contributed by atoms with Crippen LogP contribution < -0.4 is 0 Å². The van der Waals surface area contributed by atoms with Gasteiger partial charge in [-0.05, 0) is 273 Å². The standard InChI is InChI=1S/C78H90I2N8/c1-17-43-47(21-5)67-39-71-51(25-9)55(29-13)75(85-71)59(76-56(30-14)52(26-10)72(86-76)40-68-48(22-6)44(18-2)64(82-68)37-63(43)81-67)33-35-61(79)62(80)36-34-60-77-57(31-15)53(27-11)73(87-77)41-69-49(23-7)45(19-3)65(83-69)38-66-46(20-4)50(24-8)70(84-66)42-74-54(28-12)58(32-16)78(60)88-74/h37-42,81-84H,17-32H2,1-16H3/b62-61+,63-37?,64-37?,65-38?,66-38?,67-39?,68-40?,69-41?,70-42?,71-39?,72-40?,73-41?,74-42?,75-59?,76-59?,77-60?,78-60?. The van der Waals surface area contributed by atoms with Crippen LogP contribution in [0.4, 0.5) is 0 Å². The number of rotatable bonds is 16. The molecule has 10 rings (SSSR count). The average molecular weight is 1390 g/mol. The summed E-state index contributed by atoms with van der Waals surface area (Å²) in [5.74, 6) is 15.2. The summed E-state index contributed by atoms with van der Waals surface area (Å²) in [7, 11) is 0. The van der Waals surface area contributed by atoms with Gasteiger partial charge in [0.15, 0.2) is 0 Å². The summed E-state index contributed by atoms with van der Waals surface area (Å²) in [5, 5.41) is 0. The molecule has 6 aromatic rings. The molecule has 8 nitrogen and oxygen atoms in total. The van der Waals surface area contributed by atoms with Gasteiger partial charge in [-0.15, -0.1) is 0 Å². The van der Waals surface area contributed by atoms with Gasteiger partial charge in [-0.1, -0.05) is 134 Å². The number of nitrogens with zero attached hydrogens (tertiary/aromatic N) is 4. The Hall–Kier alpha value is -6.48. The number of halogens is 2. The number of aromatic amines is 4. The molecule has 4 N–H and O–H groups in total. The zero-order chi connectivity index (χ0) is 62.8. The van der Waals surface area contributed by atoms with Crippen LogP contribution in [0.15, 0.2) is 43.6 Å². The van der Waals surface area contributed by atoms with E-state index in [1.807, 2.05) is 0 Å². The number of aromatic nitrogens is 8. The minimum absolute atomic E-state index is 0.815. The van der Waals surface area contributed by atoms with Crippen molar-refractivity contribution < 1.29 is 0 Å². The van der Waals surface area contributed by atoms with Crippen LogP contribution in [0.25, 0.3) is 88.7 Å². The lowest BCUT2D eigenvalue weighted by Crippen LogP contribution is -1.96. The van der Waals surface area contributed by atoms with Gasteiger partial charge in [-0.2, -0.15) is 0 Å². The summed E-state index contributed by atoms with van der Waals surface area (Å²) in [6.07, 6.45) is 14.0. The Kier molecular flexibility index (Phi) is 20.3. The third-order valence-electron chi connectivity index (χ3n) is 19.0. The van der Waals surface area contributed by atoms with Crippen LogP contribution in [-0.2, 0) is 51.4 Å². The second-order valence-corrected chi connectivity index (χ2v) is 25.4. The lowest BCUT2D eigenvalue weighted by atomic mass is 9.94. The molecular formula is C78H90I2N8. The Morgan fingerprint density at radius 2 is 0.455 bits per heavy atom. The minimum Gasteiger partial charge on any atom is -0.355 e. The molecule has 456 valence electrons. The Morgan fingerprint density at radius 1 is 0.273 bits per heavy atom. The fraction of sp³-hybridized carbons (Fsp3) is 0.410. The Bertz CT molecular complexity index is 3950. The van der Waals surface area contributed by atoms with Crippen molar-refractivity contribution in [1.82, 2.24) is 39.9 Å². The molecule has 10 heterocycles. The van der Waals surface area contributed by atoms with E-state index in [4.69, 9.17) is 19.9 Å². The molecule has 0 unspecified atom stereocenters. The molecule has 0 saturated heterocycles. The van der Waals surface area contributed by atoms with Crippen molar-refractivity contribution in [2.24, 2.45) is 0 Å². The van der Waals surface area contributed by atoms with Crippen molar-refractivity contribution >= 4 is 134 Å². The molecule has 0 amide bonds. The lowest BCUT2D eigenvalue weighted by molar-refractivity contribution is 1.07. The van der Waals surface area contributed by atoms with Gasteiger partial charge in [0.25, 0.3) is 0 Å². The van der Waals surface area contributed by atoms with Gasteiger partial charge in [0, 0.05) is 44.1 Å². The number of nitrogens with one attached hydrogen (secondary N) is 4. The van der Waals surface area contributed by atoms with Crippen LogP contribution in [-0.4, -0.2) is 39.9 Å². The van der Waals surface area contributed by atoms with Gasteiger partial charge in [-0.3, -0.25) is 0 Å². The van der Waals surface area contributed by atoms with Crippen molar-refractivity contribution in [2.75, 3.05) is 0 Å². The lowest BCUT2D eigenvalue weighted by Gasteiger charge is -2.08. The molecule has 0 radical (unpaired) electrons. The fourth-order valence-electron chi connectivity index (χ4n) is 15.0. The molecule has 0 spiro atoms. The number of aryl methyl sites for hydroxylation is 8. The van der Waals surface area contributed by atoms with Crippen LogP contribution in [0.3, 0.4) is 0 Å². The molecule has 6 aromatic heterocycles. The van der Waals surface area contributed by atoms with Crippen molar-refractivity contribution in [3.05, 3.63) is 145 Å². The number of allylic oxidation sites excluding steroid dienone is 10. The van der Waals surface area contributed by atoms with E-state index in [0.717, 1.165) is 189 Å². The number of H-pyrrole nitrogens is 4. The SMILES string of the molecule is CCC1=C(CC)c2nc1cc1[nH]c(cc3[nH]c(cc4nc(c2C#C/C(I)=C(\I)C#Cc2c5nc(cc6[nH]c(cc7[nH]c(cc8nc2C(CC)=C8CC)c(CC)c7CC)c(CC)c6CC)C(CC)=C5CC)C(CC)=C4CC)c(CC)c3CC)c(CC)c1CC. The van der Waals surface area contributed by atoms with Crippen molar-refractivity contribution in [2.45, 2.75) is 214 Å². The predicted molar refractivity (Wildman–Crippen MR) is 395 cm³/mol. The van der Waals surface area contributed by atoms with Gasteiger partial charge in [0.1, 0.15) is 0 Å². The van der Waals surface area contributed by atoms with Gasteiger partial charge in [-0.25, -0.2) is 19.9 Å². The number of fused-ring (bicyclic) bond motifs is 16. The molecule has 0 aliphatic carbocycles. The zero-order valence-electron chi connectivity index (χ0n) is 55.3. The molecule has 4 aliphatic heterocycles. The van der Waals surface area contributed by atoms with Gasteiger partial charge in [0.2, 0.25) is 0 Å². The first-order valence-corrected chi connectivity index (χ1v) is 35.5.